The second kappa shape index (κ2) is 12.4. The summed E-state index contributed by atoms with van der Waals surface area (Å²) in [5, 5.41) is 10.3. The monoisotopic (exact) mass is 378 g/mol. The molecule has 136 valence electrons. The average molecular weight is 379 g/mol. The Hall–Kier alpha value is 1.05. The van der Waals surface area contributed by atoms with E-state index in [-0.39, 0.29) is 42.5 Å². The van der Waals surface area contributed by atoms with Crippen molar-refractivity contribution in [3.8, 4) is 0 Å². The third-order valence-corrected chi connectivity index (χ3v) is 6.98. The third-order valence-electron chi connectivity index (χ3n) is 5.35. The van der Waals surface area contributed by atoms with E-state index in [1.54, 1.807) is 11.8 Å². The van der Waals surface area contributed by atoms with E-state index >= 15 is 0 Å². The van der Waals surface area contributed by atoms with Crippen molar-refractivity contribution < 1.29 is 5.11 Å². The van der Waals surface area contributed by atoms with Gasteiger partial charge in [-0.3, -0.25) is 0 Å². The normalized spacial score (nSPS) is 26.9. The van der Waals surface area contributed by atoms with Gasteiger partial charge in [0.1, 0.15) is 4.93 Å². The van der Waals surface area contributed by atoms with E-state index in [1.807, 2.05) is 12.2 Å². The Bertz CT molecular complexity index is 395. The molecule has 0 aromatic rings. The zero-order valence-corrected chi connectivity index (χ0v) is 15.9. The van der Waals surface area contributed by atoms with Crippen LogP contribution in [0, 0.1) is 0 Å². The summed E-state index contributed by atoms with van der Waals surface area (Å²) < 4.78 is 0.0273. The van der Waals surface area contributed by atoms with Gasteiger partial charge in [-0.15, -0.1) is 11.8 Å². The van der Waals surface area contributed by atoms with E-state index in [4.69, 9.17) is 0 Å². The van der Waals surface area contributed by atoms with E-state index in [2.05, 4.69) is 19.1 Å². The third kappa shape index (κ3) is 7.35. The van der Waals surface area contributed by atoms with Crippen molar-refractivity contribution in [1.82, 2.24) is 0 Å². The van der Waals surface area contributed by atoms with Crippen molar-refractivity contribution in [3.05, 3.63) is 24.3 Å². The van der Waals surface area contributed by atoms with E-state index in [1.165, 1.54) is 83.5 Å². The van der Waals surface area contributed by atoms with Crippen molar-refractivity contribution in [2.75, 3.05) is 0 Å². The summed E-state index contributed by atoms with van der Waals surface area (Å²) in [7, 11) is 0. The molecule has 0 radical (unpaired) electrons. The molecule has 1 aliphatic heterocycles. The number of hydrogen-bond donors (Lipinski definition) is 1. The van der Waals surface area contributed by atoms with Crippen LogP contribution < -0.4 is 0 Å². The number of allylic oxidation sites excluding steroid dienone is 2. The van der Waals surface area contributed by atoms with Crippen LogP contribution in [-0.2, 0) is 0 Å². The van der Waals surface area contributed by atoms with Crippen molar-refractivity contribution in [3.63, 3.8) is 0 Å². The molecular weight excluding hydrogens is 340 g/mol. The van der Waals surface area contributed by atoms with Gasteiger partial charge in [-0.25, -0.2) is 0 Å². The molecule has 1 nitrogen and oxygen atoms in total. The molecule has 0 bridgehead atoms. The van der Waals surface area contributed by atoms with Gasteiger partial charge in [0.15, 0.2) is 0 Å². The molecule has 24 heavy (non-hydrogen) atoms. The predicted octanol–water partition coefficient (Wildman–Crippen LogP) is 5.85. The molecule has 3 heteroatoms. The molecule has 0 aromatic carbocycles. The number of hydrogen-bond acceptors (Lipinski definition) is 2. The number of unbranched alkanes of at least 4 members (excludes halogenated alkanes) is 12. The van der Waals surface area contributed by atoms with Crippen LogP contribution in [0.2, 0.25) is 0 Å². The number of thioether (sulfide) groups is 1. The van der Waals surface area contributed by atoms with Crippen LogP contribution in [-0.4, -0.2) is 52.5 Å². The molecule has 1 N–H and O–H groups in total. The van der Waals surface area contributed by atoms with Gasteiger partial charge in [0.2, 0.25) is 0 Å². The SMILES string of the molecule is CCCCCCCCCCCCCCCC12C=CC=CC1(O)S2.[CaH2]. The van der Waals surface area contributed by atoms with E-state index in [0.717, 1.165) is 6.42 Å². The maximum atomic E-state index is 10.3. The first kappa shape index (κ1) is 23.1. The molecule has 2 aliphatic rings. The maximum absolute atomic E-state index is 10.3. The van der Waals surface area contributed by atoms with Crippen molar-refractivity contribution in [1.29, 1.82) is 0 Å². The van der Waals surface area contributed by atoms with Crippen LogP contribution in [0.3, 0.4) is 0 Å². The molecule has 1 aliphatic carbocycles. The van der Waals surface area contributed by atoms with Gasteiger partial charge in [-0.1, -0.05) is 109 Å². The first-order valence-electron chi connectivity index (χ1n) is 10.0. The molecule has 1 fully saturated rings. The molecule has 0 amide bonds. The molecule has 0 aromatic heterocycles. The van der Waals surface area contributed by atoms with Crippen LogP contribution in [0.15, 0.2) is 24.3 Å². The quantitative estimate of drug-likeness (QED) is 0.232. The number of fused-ring (bicyclic) bond motifs is 1. The Kier molecular flexibility index (Phi) is 12.0. The van der Waals surface area contributed by atoms with Gasteiger partial charge in [0.05, 0.1) is 4.75 Å². The first-order valence-corrected chi connectivity index (χ1v) is 10.8. The van der Waals surface area contributed by atoms with E-state index in [0.29, 0.717) is 0 Å². The fourth-order valence-electron chi connectivity index (χ4n) is 3.70. The second-order valence-corrected chi connectivity index (χ2v) is 8.95. The fraction of sp³-hybridized carbons (Fsp3) is 0.810. The second-order valence-electron chi connectivity index (χ2n) is 7.40. The molecule has 2 atom stereocenters. The number of rotatable bonds is 14. The Morgan fingerprint density at radius 1 is 0.708 bits per heavy atom. The van der Waals surface area contributed by atoms with Gasteiger partial charge in [-0.2, -0.15) is 0 Å². The minimum atomic E-state index is -0.571. The van der Waals surface area contributed by atoms with Gasteiger partial charge in [-0.05, 0) is 12.5 Å². The summed E-state index contributed by atoms with van der Waals surface area (Å²) in [6.45, 7) is 2.28. The van der Waals surface area contributed by atoms with Crippen LogP contribution >= 0.6 is 11.8 Å². The van der Waals surface area contributed by atoms with Gasteiger partial charge >= 0.3 is 37.7 Å². The molecule has 0 spiro atoms. The van der Waals surface area contributed by atoms with Crippen LogP contribution in [0.25, 0.3) is 0 Å². The van der Waals surface area contributed by atoms with Gasteiger partial charge in [0.25, 0.3) is 0 Å². The summed E-state index contributed by atoms with van der Waals surface area (Å²) in [6.07, 6.45) is 27.6. The first-order chi connectivity index (χ1) is 11.2. The van der Waals surface area contributed by atoms with E-state index in [9.17, 15) is 5.11 Å². The molecule has 1 saturated heterocycles. The Labute approximate surface area is 184 Å². The topological polar surface area (TPSA) is 20.2 Å². The van der Waals surface area contributed by atoms with Crippen molar-refractivity contribution in [2.24, 2.45) is 0 Å². The van der Waals surface area contributed by atoms with Crippen LogP contribution in [0.1, 0.15) is 96.8 Å². The zero-order chi connectivity index (χ0) is 16.4. The molecule has 1 heterocycles. The van der Waals surface area contributed by atoms with E-state index < -0.39 is 4.93 Å². The molecule has 2 unspecified atom stereocenters. The standard InChI is InChI=1S/C21H36OS.Ca.2H/c1-2-3-4-5-6-7-8-9-10-11-12-13-14-17-20-18-15-16-19-21(20,22)23-20;;;/h15-16,18-19,22H,2-14,17H2,1H3;;;. The molecule has 2 rings (SSSR count). The minimum absolute atomic E-state index is 0. The van der Waals surface area contributed by atoms with Crippen molar-refractivity contribution >= 4 is 49.5 Å². The Balaban J connectivity index is 0.00000288. The molecule has 0 saturated carbocycles. The Morgan fingerprint density at radius 3 is 1.67 bits per heavy atom. The fourth-order valence-corrected chi connectivity index (χ4v) is 4.98. The predicted molar refractivity (Wildman–Crippen MR) is 112 cm³/mol. The van der Waals surface area contributed by atoms with Crippen molar-refractivity contribution in [2.45, 2.75) is 106 Å². The summed E-state index contributed by atoms with van der Waals surface area (Å²) in [4.78, 5) is -0.571. The molecular formula is C21H38CaOS. The zero-order valence-electron chi connectivity index (χ0n) is 15.1. The summed E-state index contributed by atoms with van der Waals surface area (Å²) in [5.41, 5.74) is 0. The van der Waals surface area contributed by atoms with Crippen LogP contribution in [0.5, 0.6) is 0 Å². The Morgan fingerprint density at radius 2 is 1.17 bits per heavy atom. The van der Waals surface area contributed by atoms with Gasteiger partial charge < -0.3 is 5.11 Å². The van der Waals surface area contributed by atoms with Crippen LogP contribution in [0.4, 0.5) is 0 Å². The number of aliphatic hydroxyl groups is 1. The average Bonchev–Trinajstić information content (AvgIpc) is 3.18. The van der Waals surface area contributed by atoms with Gasteiger partial charge in [0, 0.05) is 0 Å². The summed E-state index contributed by atoms with van der Waals surface area (Å²) in [5.74, 6) is 0. The summed E-state index contributed by atoms with van der Waals surface area (Å²) >= 11 is 1.72. The summed E-state index contributed by atoms with van der Waals surface area (Å²) in [6, 6.07) is 0.